The third-order valence-corrected chi connectivity index (χ3v) is 16.7. The Morgan fingerprint density at radius 2 is 0.412 bits per heavy atom. The molecular formula is C74H140O6. The average Bonchev–Trinajstić information content (AvgIpc) is 3.46. The number of carbonyl (C=O) groups excluding carboxylic acids is 3. The molecule has 0 radical (unpaired) electrons. The van der Waals surface area contributed by atoms with Gasteiger partial charge >= 0.3 is 17.9 Å². The molecule has 0 saturated heterocycles. The van der Waals surface area contributed by atoms with Crippen LogP contribution in [0.3, 0.4) is 0 Å². The lowest BCUT2D eigenvalue weighted by Gasteiger charge is -2.18. The summed E-state index contributed by atoms with van der Waals surface area (Å²) in [5, 5.41) is 0. The van der Waals surface area contributed by atoms with Crippen LogP contribution in [-0.2, 0) is 28.6 Å². The summed E-state index contributed by atoms with van der Waals surface area (Å²) in [6.45, 7) is 6.72. The number of esters is 3. The summed E-state index contributed by atoms with van der Waals surface area (Å²) >= 11 is 0. The Bertz CT molecular complexity index is 1290. The van der Waals surface area contributed by atoms with Crippen LogP contribution in [0.15, 0.2) is 24.3 Å². The summed E-state index contributed by atoms with van der Waals surface area (Å²) in [6, 6.07) is 0. The van der Waals surface area contributed by atoms with Gasteiger partial charge in [0.2, 0.25) is 0 Å². The van der Waals surface area contributed by atoms with Crippen LogP contribution in [0.5, 0.6) is 0 Å². The van der Waals surface area contributed by atoms with Crippen LogP contribution in [0.2, 0.25) is 0 Å². The van der Waals surface area contributed by atoms with E-state index in [-0.39, 0.29) is 31.1 Å². The van der Waals surface area contributed by atoms with Crippen LogP contribution in [-0.4, -0.2) is 37.2 Å². The minimum absolute atomic E-state index is 0.0688. The van der Waals surface area contributed by atoms with Crippen molar-refractivity contribution in [3.63, 3.8) is 0 Å². The second kappa shape index (κ2) is 69.4. The minimum Gasteiger partial charge on any atom is -0.462 e. The molecule has 6 heteroatoms. The van der Waals surface area contributed by atoms with E-state index in [9.17, 15) is 14.4 Å². The molecule has 0 aliphatic carbocycles. The highest BCUT2D eigenvalue weighted by atomic mass is 16.6. The lowest BCUT2D eigenvalue weighted by Crippen LogP contribution is -2.30. The van der Waals surface area contributed by atoms with Gasteiger partial charge in [-0.3, -0.25) is 14.4 Å². The van der Waals surface area contributed by atoms with Gasteiger partial charge in [0.25, 0.3) is 0 Å². The van der Waals surface area contributed by atoms with Crippen LogP contribution in [0.25, 0.3) is 0 Å². The fraction of sp³-hybridized carbons (Fsp3) is 0.905. The SMILES string of the molecule is CCCCCCCCC/C=C\CCCCCCCCCC(=O)OCC(COC(=O)CCCCCCCCCCCCCCCCCCCCCCCCCCCC)OC(=O)CCCCCCCCC/C=C\CCCCCCCCC. The van der Waals surface area contributed by atoms with Gasteiger partial charge in [0.05, 0.1) is 0 Å². The number of allylic oxidation sites excluding steroid dienone is 4. The topological polar surface area (TPSA) is 78.9 Å². The van der Waals surface area contributed by atoms with Gasteiger partial charge in [-0.15, -0.1) is 0 Å². The second-order valence-electron chi connectivity index (χ2n) is 24.9. The molecule has 0 aliphatic heterocycles. The van der Waals surface area contributed by atoms with Crippen molar-refractivity contribution in [2.75, 3.05) is 13.2 Å². The molecule has 0 spiro atoms. The molecule has 80 heavy (non-hydrogen) atoms. The van der Waals surface area contributed by atoms with Crippen LogP contribution < -0.4 is 0 Å². The highest BCUT2D eigenvalue weighted by molar-refractivity contribution is 5.71. The number of unbranched alkanes of at least 4 members (excludes halogenated alkanes) is 53. The van der Waals surface area contributed by atoms with Gasteiger partial charge in [0.15, 0.2) is 6.10 Å². The normalized spacial score (nSPS) is 12.1. The Balaban J connectivity index is 4.26. The van der Waals surface area contributed by atoms with Gasteiger partial charge in [-0.1, -0.05) is 347 Å². The van der Waals surface area contributed by atoms with E-state index < -0.39 is 6.10 Å². The van der Waals surface area contributed by atoms with Crippen molar-refractivity contribution in [3.8, 4) is 0 Å². The molecule has 1 atom stereocenters. The quantitative estimate of drug-likeness (QED) is 0.0261. The Hall–Kier alpha value is -2.11. The first-order valence-electron chi connectivity index (χ1n) is 36.3. The lowest BCUT2D eigenvalue weighted by atomic mass is 10.0. The van der Waals surface area contributed by atoms with E-state index >= 15 is 0 Å². The van der Waals surface area contributed by atoms with Crippen LogP contribution in [0.4, 0.5) is 0 Å². The van der Waals surface area contributed by atoms with Gasteiger partial charge in [-0.25, -0.2) is 0 Å². The number of rotatable bonds is 68. The summed E-state index contributed by atoms with van der Waals surface area (Å²) in [7, 11) is 0. The Morgan fingerprint density at radius 3 is 0.625 bits per heavy atom. The zero-order chi connectivity index (χ0) is 57.8. The van der Waals surface area contributed by atoms with Crippen LogP contribution in [0, 0.1) is 0 Å². The third kappa shape index (κ3) is 66.7. The van der Waals surface area contributed by atoms with E-state index in [1.807, 2.05) is 0 Å². The molecule has 0 aromatic heterocycles. The van der Waals surface area contributed by atoms with Crippen molar-refractivity contribution < 1.29 is 28.6 Å². The molecule has 1 unspecified atom stereocenters. The second-order valence-corrected chi connectivity index (χ2v) is 24.9. The summed E-state index contributed by atoms with van der Waals surface area (Å²) in [6.07, 6.45) is 85.0. The van der Waals surface area contributed by atoms with E-state index in [0.29, 0.717) is 19.3 Å². The zero-order valence-electron chi connectivity index (χ0n) is 54.4. The van der Waals surface area contributed by atoms with E-state index in [0.717, 1.165) is 57.8 Å². The average molecular weight is 1130 g/mol. The number of ether oxygens (including phenoxy) is 3. The first-order valence-corrected chi connectivity index (χ1v) is 36.3. The molecule has 0 N–H and O–H groups in total. The molecule has 0 saturated carbocycles. The highest BCUT2D eigenvalue weighted by Gasteiger charge is 2.19. The van der Waals surface area contributed by atoms with Crippen molar-refractivity contribution in [1.82, 2.24) is 0 Å². The number of hydrogen-bond acceptors (Lipinski definition) is 6. The Labute approximate surface area is 500 Å². The first-order chi connectivity index (χ1) is 39.5. The van der Waals surface area contributed by atoms with E-state index in [1.165, 1.54) is 315 Å². The first kappa shape index (κ1) is 77.9. The molecular weight excluding hydrogens is 985 g/mol. The highest BCUT2D eigenvalue weighted by Crippen LogP contribution is 2.19. The Kier molecular flexibility index (Phi) is 67.6. The zero-order valence-corrected chi connectivity index (χ0v) is 54.4. The number of hydrogen-bond donors (Lipinski definition) is 0. The number of carbonyl (C=O) groups is 3. The molecule has 472 valence electrons. The molecule has 0 aromatic rings. The molecule has 0 fully saturated rings. The molecule has 0 bridgehead atoms. The van der Waals surface area contributed by atoms with E-state index in [4.69, 9.17) is 14.2 Å². The van der Waals surface area contributed by atoms with Gasteiger partial charge in [0, 0.05) is 19.3 Å². The van der Waals surface area contributed by atoms with Crippen LogP contribution >= 0.6 is 0 Å². The summed E-state index contributed by atoms with van der Waals surface area (Å²) in [4.78, 5) is 38.5. The monoisotopic (exact) mass is 1130 g/mol. The largest absolute Gasteiger partial charge is 0.462 e. The van der Waals surface area contributed by atoms with Crippen molar-refractivity contribution in [2.45, 2.75) is 419 Å². The molecule has 0 aromatic carbocycles. The predicted molar refractivity (Wildman–Crippen MR) is 349 cm³/mol. The predicted octanol–water partition coefficient (Wildman–Crippen LogP) is 25.0. The maximum Gasteiger partial charge on any atom is 0.306 e. The molecule has 0 aliphatic rings. The molecule has 6 nitrogen and oxygen atoms in total. The van der Waals surface area contributed by atoms with Gasteiger partial charge in [-0.2, -0.15) is 0 Å². The lowest BCUT2D eigenvalue weighted by molar-refractivity contribution is -0.167. The maximum absolute atomic E-state index is 13.0. The van der Waals surface area contributed by atoms with Crippen molar-refractivity contribution >= 4 is 17.9 Å². The van der Waals surface area contributed by atoms with Crippen molar-refractivity contribution in [1.29, 1.82) is 0 Å². The van der Waals surface area contributed by atoms with Crippen LogP contribution in [0.1, 0.15) is 412 Å². The third-order valence-electron chi connectivity index (χ3n) is 16.7. The maximum atomic E-state index is 13.0. The van der Waals surface area contributed by atoms with Gasteiger partial charge in [0.1, 0.15) is 13.2 Å². The van der Waals surface area contributed by atoms with Gasteiger partial charge in [-0.05, 0) is 70.6 Å². The van der Waals surface area contributed by atoms with Crippen molar-refractivity contribution in [2.24, 2.45) is 0 Å². The minimum atomic E-state index is -0.774. The fourth-order valence-corrected chi connectivity index (χ4v) is 11.2. The Morgan fingerprint density at radius 1 is 0.237 bits per heavy atom. The smallest absolute Gasteiger partial charge is 0.306 e. The molecule has 0 heterocycles. The summed E-state index contributed by atoms with van der Waals surface area (Å²) in [5.41, 5.74) is 0. The van der Waals surface area contributed by atoms with E-state index in [2.05, 4.69) is 45.1 Å². The van der Waals surface area contributed by atoms with E-state index in [1.54, 1.807) is 0 Å². The molecule has 0 amide bonds. The van der Waals surface area contributed by atoms with Crippen molar-refractivity contribution in [3.05, 3.63) is 24.3 Å². The summed E-state index contributed by atoms with van der Waals surface area (Å²) in [5.74, 6) is -0.845. The summed E-state index contributed by atoms with van der Waals surface area (Å²) < 4.78 is 17.0. The standard InChI is InChI=1S/C74H140O6/c1-4-7-10-13-16-19-22-25-28-31-34-35-36-37-38-39-40-41-44-46-49-52-55-58-61-64-67-73(76)79-70-71(80-74(77)68-65-62-59-56-53-50-47-43-33-30-27-24-21-18-15-12-9-6-3)69-78-72(75)66-63-60-57-54-51-48-45-42-32-29-26-23-20-17-14-11-8-5-2/h29-30,32-33,71H,4-28,31,34-70H2,1-3H3/b32-29-,33-30-. The van der Waals surface area contributed by atoms with Gasteiger partial charge < -0.3 is 14.2 Å². The molecule has 0 rings (SSSR count). The fourth-order valence-electron chi connectivity index (χ4n) is 11.2.